The van der Waals surface area contributed by atoms with Crippen molar-refractivity contribution in [2.45, 2.75) is 43.2 Å². The summed E-state index contributed by atoms with van der Waals surface area (Å²) in [5, 5.41) is 3.87. The third-order valence-corrected chi connectivity index (χ3v) is 7.55. The maximum atomic E-state index is 12.9. The lowest BCUT2D eigenvalue weighted by molar-refractivity contribution is 0.155. The Morgan fingerprint density at radius 3 is 2.66 bits per heavy atom. The second kappa shape index (κ2) is 9.20. The molecule has 2 aromatic carbocycles. The van der Waals surface area contributed by atoms with Crippen LogP contribution in [0.3, 0.4) is 0 Å². The summed E-state index contributed by atoms with van der Waals surface area (Å²) < 4.78 is 11.0. The summed E-state index contributed by atoms with van der Waals surface area (Å²) in [6.07, 6.45) is 3.98. The number of benzene rings is 2. The van der Waals surface area contributed by atoms with Gasteiger partial charge < -0.3 is 19.7 Å². The number of nitrogens with zero attached hydrogens (tertiary/aromatic N) is 2. The van der Waals surface area contributed by atoms with Gasteiger partial charge in [0.1, 0.15) is 0 Å². The van der Waals surface area contributed by atoms with E-state index in [0.29, 0.717) is 11.1 Å². The van der Waals surface area contributed by atoms with Crippen molar-refractivity contribution in [2.24, 2.45) is 0 Å². The van der Waals surface area contributed by atoms with Gasteiger partial charge >= 0.3 is 6.03 Å². The molecule has 2 aromatic rings. The summed E-state index contributed by atoms with van der Waals surface area (Å²) in [6.45, 7) is 1.04. The third-order valence-electron chi connectivity index (χ3n) is 7.31. The average molecular weight is 458 g/mol. The first-order chi connectivity index (χ1) is 15.4. The van der Waals surface area contributed by atoms with Gasteiger partial charge in [-0.3, -0.25) is 4.90 Å². The quantitative estimate of drug-likeness (QED) is 0.707. The molecule has 3 atom stereocenters. The first kappa shape index (κ1) is 22.7. The summed E-state index contributed by atoms with van der Waals surface area (Å²) >= 11 is 6.10. The van der Waals surface area contributed by atoms with Crippen LogP contribution in [0.2, 0.25) is 5.02 Å². The van der Waals surface area contributed by atoms with Crippen molar-refractivity contribution in [3.8, 4) is 11.5 Å². The van der Waals surface area contributed by atoms with Gasteiger partial charge in [0, 0.05) is 35.3 Å². The first-order valence-electron chi connectivity index (χ1n) is 11.1. The molecule has 0 radical (unpaired) electrons. The number of methoxy groups -OCH3 is 2. The van der Waals surface area contributed by atoms with Crippen LogP contribution in [0, 0.1) is 0 Å². The van der Waals surface area contributed by atoms with Gasteiger partial charge in [0.25, 0.3) is 0 Å². The van der Waals surface area contributed by atoms with Gasteiger partial charge in [-0.2, -0.15) is 0 Å². The predicted molar refractivity (Wildman–Crippen MR) is 128 cm³/mol. The smallest absolute Gasteiger partial charge is 0.321 e. The van der Waals surface area contributed by atoms with E-state index in [1.165, 1.54) is 5.56 Å². The standard InChI is InChI=1S/C25H32ClN3O3/c1-28-13-12-25(17-8-9-21(31-3)22(14-17)32-4)11-10-19(16-23(25)28)27-24(30)29(2)20-7-5-6-18(26)15-20/h5-9,14-15,19,23H,10-13,16H2,1-4H3,(H,27,30)/t19-,23+,25-/m0/s1. The number of rotatable bonds is 5. The molecule has 2 aliphatic rings. The van der Waals surface area contributed by atoms with Gasteiger partial charge in [0.2, 0.25) is 0 Å². The van der Waals surface area contributed by atoms with E-state index in [1.54, 1.807) is 32.2 Å². The number of likely N-dealkylation sites (N-methyl/N-ethyl adjacent to an activating group) is 1. The molecule has 172 valence electrons. The number of likely N-dealkylation sites (tertiary alicyclic amines) is 1. The number of nitrogens with one attached hydrogen (secondary N) is 1. The minimum Gasteiger partial charge on any atom is -0.493 e. The summed E-state index contributed by atoms with van der Waals surface area (Å²) in [4.78, 5) is 17.0. The second-order valence-electron chi connectivity index (χ2n) is 8.93. The first-order valence-corrected chi connectivity index (χ1v) is 11.5. The zero-order valence-electron chi connectivity index (χ0n) is 19.2. The van der Waals surface area contributed by atoms with Gasteiger partial charge in [-0.15, -0.1) is 0 Å². The van der Waals surface area contributed by atoms with Crippen LogP contribution in [0.1, 0.15) is 31.2 Å². The number of fused-ring (bicyclic) bond motifs is 1. The van der Waals surface area contributed by atoms with Gasteiger partial charge in [-0.25, -0.2) is 4.79 Å². The summed E-state index contributed by atoms with van der Waals surface area (Å²) in [5.41, 5.74) is 2.14. The fraction of sp³-hybridized carbons (Fsp3) is 0.480. The maximum Gasteiger partial charge on any atom is 0.321 e. The number of ether oxygens (including phenoxy) is 2. The number of anilines is 1. The molecule has 1 N–H and O–H groups in total. The van der Waals surface area contributed by atoms with Crippen LogP contribution in [0.25, 0.3) is 0 Å². The van der Waals surface area contributed by atoms with Crippen LogP contribution in [0.4, 0.5) is 10.5 Å². The Bertz CT molecular complexity index is 985. The molecule has 0 unspecified atom stereocenters. The number of hydrogen-bond acceptors (Lipinski definition) is 4. The molecule has 1 saturated heterocycles. The van der Waals surface area contributed by atoms with Crippen LogP contribution in [0.5, 0.6) is 11.5 Å². The molecule has 1 aliphatic carbocycles. The normalized spacial score (nSPS) is 25.2. The fourth-order valence-corrected chi connectivity index (χ4v) is 5.65. The highest BCUT2D eigenvalue weighted by molar-refractivity contribution is 6.30. The van der Waals surface area contributed by atoms with Gasteiger partial charge in [-0.05, 0) is 75.2 Å². The number of amides is 2. The van der Waals surface area contributed by atoms with Crippen molar-refractivity contribution in [3.63, 3.8) is 0 Å². The molecule has 7 heteroatoms. The second-order valence-corrected chi connectivity index (χ2v) is 9.37. The van der Waals surface area contributed by atoms with Crippen LogP contribution in [-0.4, -0.2) is 57.9 Å². The Hall–Kier alpha value is -2.44. The summed E-state index contributed by atoms with van der Waals surface area (Å²) in [5.74, 6) is 1.52. The van der Waals surface area contributed by atoms with E-state index in [0.717, 1.165) is 49.4 Å². The Morgan fingerprint density at radius 1 is 1.16 bits per heavy atom. The minimum absolute atomic E-state index is 0.0639. The van der Waals surface area contributed by atoms with Crippen LogP contribution in [-0.2, 0) is 5.41 Å². The Morgan fingerprint density at radius 2 is 1.94 bits per heavy atom. The predicted octanol–water partition coefficient (Wildman–Crippen LogP) is 4.70. The Balaban J connectivity index is 1.51. The number of urea groups is 1. The zero-order chi connectivity index (χ0) is 22.9. The molecule has 1 aliphatic heterocycles. The molecule has 1 saturated carbocycles. The Kier molecular flexibility index (Phi) is 6.54. The van der Waals surface area contributed by atoms with Crippen molar-refractivity contribution in [1.29, 1.82) is 0 Å². The van der Waals surface area contributed by atoms with Crippen molar-refractivity contribution in [2.75, 3.05) is 39.8 Å². The average Bonchev–Trinajstić information content (AvgIpc) is 3.15. The van der Waals surface area contributed by atoms with E-state index in [2.05, 4.69) is 29.4 Å². The lowest BCUT2D eigenvalue weighted by Crippen LogP contribution is -2.53. The minimum atomic E-state index is -0.100. The number of hydrogen-bond donors (Lipinski definition) is 1. The van der Waals surface area contributed by atoms with Gasteiger partial charge in [0.15, 0.2) is 11.5 Å². The molecule has 2 amide bonds. The lowest BCUT2D eigenvalue weighted by Gasteiger charge is -2.45. The van der Waals surface area contributed by atoms with Crippen molar-refractivity contribution < 1.29 is 14.3 Å². The largest absolute Gasteiger partial charge is 0.493 e. The zero-order valence-corrected chi connectivity index (χ0v) is 20.0. The highest BCUT2D eigenvalue weighted by Gasteiger charge is 2.50. The topological polar surface area (TPSA) is 54.0 Å². The van der Waals surface area contributed by atoms with E-state index in [9.17, 15) is 4.79 Å². The molecule has 2 fully saturated rings. The molecule has 32 heavy (non-hydrogen) atoms. The number of halogens is 1. The molecule has 6 nitrogen and oxygen atoms in total. The molecule has 0 aromatic heterocycles. The maximum absolute atomic E-state index is 12.9. The lowest BCUT2D eigenvalue weighted by atomic mass is 9.65. The van der Waals surface area contributed by atoms with Gasteiger partial charge in [0.05, 0.1) is 14.2 Å². The van der Waals surface area contributed by atoms with E-state index < -0.39 is 0 Å². The number of carbonyl (C=O) groups is 1. The van der Waals surface area contributed by atoms with Crippen LogP contribution < -0.4 is 19.7 Å². The van der Waals surface area contributed by atoms with E-state index in [4.69, 9.17) is 21.1 Å². The highest BCUT2D eigenvalue weighted by atomic mass is 35.5. The fourth-order valence-electron chi connectivity index (χ4n) is 5.47. The van der Waals surface area contributed by atoms with Crippen molar-refractivity contribution in [1.82, 2.24) is 10.2 Å². The SMILES string of the molecule is COc1ccc([C@@]23CC[C@H](NC(=O)N(C)c4cccc(Cl)c4)C[C@H]2N(C)CC3)cc1OC. The van der Waals surface area contributed by atoms with Gasteiger partial charge in [-0.1, -0.05) is 23.7 Å². The molecular weight excluding hydrogens is 426 g/mol. The highest BCUT2D eigenvalue weighted by Crippen LogP contribution is 2.49. The molecule has 1 heterocycles. The Labute approximate surface area is 195 Å². The van der Waals surface area contributed by atoms with Crippen LogP contribution >= 0.6 is 11.6 Å². The summed E-state index contributed by atoms with van der Waals surface area (Å²) in [6, 6.07) is 14.1. The van der Waals surface area contributed by atoms with Crippen molar-refractivity contribution >= 4 is 23.3 Å². The van der Waals surface area contributed by atoms with E-state index in [1.807, 2.05) is 24.3 Å². The molecular formula is C25H32ClN3O3. The molecule has 0 bridgehead atoms. The summed E-state index contributed by atoms with van der Waals surface area (Å²) in [7, 11) is 7.31. The molecule has 0 spiro atoms. The number of carbonyl (C=O) groups excluding carboxylic acids is 1. The third kappa shape index (κ3) is 4.14. The monoisotopic (exact) mass is 457 g/mol. The van der Waals surface area contributed by atoms with E-state index in [-0.39, 0.29) is 17.5 Å². The van der Waals surface area contributed by atoms with Crippen molar-refractivity contribution in [3.05, 3.63) is 53.1 Å². The van der Waals surface area contributed by atoms with Crippen LogP contribution in [0.15, 0.2) is 42.5 Å². The molecule has 4 rings (SSSR count). The van der Waals surface area contributed by atoms with E-state index >= 15 is 0 Å².